The molecular weight excluding hydrogens is 258 g/mol. The van der Waals surface area contributed by atoms with E-state index in [0.717, 1.165) is 4.90 Å². The van der Waals surface area contributed by atoms with E-state index >= 15 is 0 Å². The Hall–Kier alpha value is -1.87. The van der Waals surface area contributed by atoms with Gasteiger partial charge in [-0.3, -0.25) is 4.79 Å². The number of carboxylic acid groups (broad SMARTS) is 1. The molecule has 0 bridgehead atoms. The molecule has 1 rings (SSSR count). The van der Waals surface area contributed by atoms with Gasteiger partial charge >= 0.3 is 12.0 Å². The maximum atomic E-state index is 11.7. The molecule has 3 unspecified atom stereocenters. The smallest absolute Gasteiger partial charge is 0.326 e. The normalized spacial score (nSPS) is 24.0. The van der Waals surface area contributed by atoms with Gasteiger partial charge in [0.1, 0.15) is 6.04 Å². The number of amides is 3. The second-order valence-electron chi connectivity index (χ2n) is 4.38. The van der Waals surface area contributed by atoms with Gasteiger partial charge in [0, 0.05) is 6.42 Å². The molecule has 0 radical (unpaired) electrons. The summed E-state index contributed by atoms with van der Waals surface area (Å²) >= 11 is 0. The minimum atomic E-state index is -1.28. The van der Waals surface area contributed by atoms with Crippen molar-refractivity contribution >= 4 is 17.9 Å². The largest absolute Gasteiger partial charge is 0.480 e. The molecule has 1 aliphatic rings. The Bertz CT molecular complexity index is 364. The second-order valence-corrected chi connectivity index (χ2v) is 4.38. The predicted octanol–water partition coefficient (Wildman–Crippen LogP) is -2.55. The van der Waals surface area contributed by atoms with Gasteiger partial charge in [0.05, 0.1) is 25.3 Å². The number of urea groups is 1. The molecule has 1 aliphatic heterocycles. The zero-order chi connectivity index (χ0) is 14.6. The maximum Gasteiger partial charge on any atom is 0.326 e. The second kappa shape index (κ2) is 6.34. The first-order chi connectivity index (χ1) is 8.81. The molecule has 6 N–H and O–H groups in total. The van der Waals surface area contributed by atoms with E-state index in [1.54, 1.807) is 0 Å². The van der Waals surface area contributed by atoms with Crippen LogP contribution in [-0.2, 0) is 9.59 Å². The number of likely N-dealkylation sites (tertiary alicyclic amines) is 1. The van der Waals surface area contributed by atoms with Crippen LogP contribution in [0.1, 0.15) is 12.8 Å². The molecule has 0 aromatic rings. The molecule has 1 heterocycles. The highest BCUT2D eigenvalue weighted by Gasteiger charge is 2.34. The first-order valence-electron chi connectivity index (χ1n) is 5.74. The Kier molecular flexibility index (Phi) is 5.07. The number of nitrogens with two attached hydrogens (primary N) is 1. The van der Waals surface area contributed by atoms with E-state index in [9.17, 15) is 24.6 Å². The van der Waals surface area contributed by atoms with Crippen molar-refractivity contribution in [1.29, 1.82) is 0 Å². The van der Waals surface area contributed by atoms with E-state index < -0.39 is 36.2 Å². The van der Waals surface area contributed by atoms with Crippen LogP contribution in [0.4, 0.5) is 4.79 Å². The predicted molar refractivity (Wildman–Crippen MR) is 62.0 cm³/mol. The number of hydrogen-bond acceptors (Lipinski definition) is 5. The fourth-order valence-corrected chi connectivity index (χ4v) is 1.72. The summed E-state index contributed by atoms with van der Waals surface area (Å²) < 4.78 is 0. The number of aliphatic hydroxyl groups excluding tert-OH is 2. The number of nitrogens with zero attached hydrogens (tertiary/aromatic N) is 1. The quantitative estimate of drug-likeness (QED) is 0.372. The molecule has 9 heteroatoms. The lowest BCUT2D eigenvalue weighted by molar-refractivity contribution is -0.139. The molecule has 0 aromatic heterocycles. The van der Waals surface area contributed by atoms with Gasteiger partial charge in [0.15, 0.2) is 0 Å². The fraction of sp³-hybridized carbons (Fsp3) is 0.700. The van der Waals surface area contributed by atoms with Crippen LogP contribution in [0, 0.1) is 0 Å². The number of carbonyl (C=O) groups excluding carboxylic acids is 2. The topological polar surface area (TPSA) is 153 Å². The van der Waals surface area contributed by atoms with Gasteiger partial charge in [-0.15, -0.1) is 0 Å². The molecule has 0 aromatic carbocycles. The zero-order valence-corrected chi connectivity index (χ0v) is 10.2. The number of nitrogens with one attached hydrogen (secondary N) is 1. The van der Waals surface area contributed by atoms with Gasteiger partial charge in [-0.25, -0.2) is 9.59 Å². The third-order valence-electron chi connectivity index (χ3n) is 2.82. The first-order valence-corrected chi connectivity index (χ1v) is 5.74. The van der Waals surface area contributed by atoms with Gasteiger partial charge in [-0.2, -0.15) is 0 Å². The molecule has 108 valence electrons. The van der Waals surface area contributed by atoms with E-state index in [-0.39, 0.29) is 25.9 Å². The highest BCUT2D eigenvalue weighted by molar-refractivity contribution is 5.83. The molecule has 1 saturated heterocycles. The average Bonchev–Trinajstić information content (AvgIpc) is 2.64. The minimum Gasteiger partial charge on any atom is -0.480 e. The van der Waals surface area contributed by atoms with Crippen molar-refractivity contribution < 1.29 is 29.7 Å². The van der Waals surface area contributed by atoms with Crippen LogP contribution < -0.4 is 11.1 Å². The van der Waals surface area contributed by atoms with Crippen LogP contribution in [0.3, 0.4) is 0 Å². The van der Waals surface area contributed by atoms with Crippen LogP contribution in [0.15, 0.2) is 0 Å². The van der Waals surface area contributed by atoms with E-state index in [1.807, 2.05) is 0 Å². The monoisotopic (exact) mass is 275 g/mol. The Morgan fingerprint density at radius 3 is 2.21 bits per heavy atom. The lowest BCUT2D eigenvalue weighted by atomic mass is 10.1. The standard InChI is InChI=1S/C10H17N3O6/c11-8(16)2-1-5(9(17)18)12-10(19)13-3-6(14)7(15)4-13/h5-7,14-15H,1-4H2,(H2,11,16)(H,12,19)(H,17,18). The Labute approximate surface area is 109 Å². The number of hydrogen-bond donors (Lipinski definition) is 5. The first kappa shape index (κ1) is 15.2. The van der Waals surface area contributed by atoms with E-state index in [2.05, 4.69) is 5.32 Å². The van der Waals surface area contributed by atoms with Crippen LogP contribution >= 0.6 is 0 Å². The third-order valence-corrected chi connectivity index (χ3v) is 2.82. The van der Waals surface area contributed by atoms with Gasteiger partial charge in [-0.1, -0.05) is 0 Å². The number of rotatable bonds is 5. The summed E-state index contributed by atoms with van der Waals surface area (Å²) in [6.45, 7) is -0.148. The molecular formula is C10H17N3O6. The molecule has 9 nitrogen and oxygen atoms in total. The van der Waals surface area contributed by atoms with Crippen molar-refractivity contribution in [3.8, 4) is 0 Å². The summed E-state index contributed by atoms with van der Waals surface area (Å²) in [5.41, 5.74) is 4.91. The SMILES string of the molecule is NC(=O)CCC(NC(=O)N1CC(O)C(O)C1)C(=O)O. The number of carbonyl (C=O) groups is 3. The minimum absolute atomic E-state index is 0.0742. The summed E-state index contributed by atoms with van der Waals surface area (Å²) in [5, 5.41) is 29.7. The lowest BCUT2D eigenvalue weighted by Crippen LogP contribution is -2.47. The van der Waals surface area contributed by atoms with Crippen molar-refractivity contribution in [3.05, 3.63) is 0 Å². The number of aliphatic carboxylic acids is 1. The summed E-state index contributed by atoms with van der Waals surface area (Å²) in [6, 6.07) is -1.96. The number of primary amides is 1. The molecule has 0 aliphatic carbocycles. The van der Waals surface area contributed by atoms with Crippen LogP contribution in [0.25, 0.3) is 0 Å². The van der Waals surface area contributed by atoms with Crippen LogP contribution in [0.5, 0.6) is 0 Å². The van der Waals surface area contributed by atoms with Crippen molar-refractivity contribution in [3.63, 3.8) is 0 Å². The summed E-state index contributed by atoms with van der Waals surface area (Å²) in [4.78, 5) is 34.3. The van der Waals surface area contributed by atoms with E-state index in [4.69, 9.17) is 10.8 Å². The maximum absolute atomic E-state index is 11.7. The number of aliphatic hydroxyl groups is 2. The van der Waals surface area contributed by atoms with Crippen molar-refractivity contribution in [2.24, 2.45) is 5.73 Å². The van der Waals surface area contributed by atoms with E-state index in [1.165, 1.54) is 0 Å². The zero-order valence-electron chi connectivity index (χ0n) is 10.2. The number of carboxylic acids is 1. The van der Waals surface area contributed by atoms with Gasteiger partial charge in [-0.05, 0) is 6.42 Å². The molecule has 1 fully saturated rings. The van der Waals surface area contributed by atoms with Crippen molar-refractivity contribution in [2.75, 3.05) is 13.1 Å². The average molecular weight is 275 g/mol. The Morgan fingerprint density at radius 2 is 1.79 bits per heavy atom. The van der Waals surface area contributed by atoms with E-state index in [0.29, 0.717) is 0 Å². The highest BCUT2D eigenvalue weighted by atomic mass is 16.4. The molecule has 0 saturated carbocycles. The molecule has 3 amide bonds. The summed E-state index contributed by atoms with van der Waals surface area (Å²) in [5.74, 6) is -1.94. The van der Waals surface area contributed by atoms with Gasteiger partial charge in [0.2, 0.25) is 5.91 Å². The summed E-state index contributed by atoms with van der Waals surface area (Å²) in [6.07, 6.45) is -2.36. The Morgan fingerprint density at radius 1 is 1.26 bits per heavy atom. The van der Waals surface area contributed by atoms with Gasteiger partial charge < -0.3 is 31.3 Å². The van der Waals surface area contributed by atoms with Crippen molar-refractivity contribution in [2.45, 2.75) is 31.1 Å². The third kappa shape index (κ3) is 4.38. The molecule has 19 heavy (non-hydrogen) atoms. The molecule has 3 atom stereocenters. The molecule has 0 spiro atoms. The number of β-amino-alcohol motifs (C(OH)–C–C–N with tert-alkyl or cyclic N) is 2. The summed E-state index contributed by atoms with van der Waals surface area (Å²) in [7, 11) is 0. The van der Waals surface area contributed by atoms with Gasteiger partial charge in [0.25, 0.3) is 0 Å². The highest BCUT2D eigenvalue weighted by Crippen LogP contribution is 2.10. The van der Waals surface area contributed by atoms with Crippen LogP contribution in [-0.4, -0.2) is 69.5 Å². The van der Waals surface area contributed by atoms with Crippen LogP contribution in [0.2, 0.25) is 0 Å². The Balaban J connectivity index is 2.52. The van der Waals surface area contributed by atoms with Crippen molar-refractivity contribution in [1.82, 2.24) is 10.2 Å². The lowest BCUT2D eigenvalue weighted by Gasteiger charge is -2.20. The fourth-order valence-electron chi connectivity index (χ4n) is 1.72.